The fourth-order valence-electron chi connectivity index (χ4n) is 2.15. The van der Waals surface area contributed by atoms with E-state index in [-0.39, 0.29) is 11.7 Å². The third-order valence-electron chi connectivity index (χ3n) is 3.28. The maximum Gasteiger partial charge on any atom is 0.306 e. The second kappa shape index (κ2) is 7.27. The molecule has 0 aliphatic rings. The van der Waals surface area contributed by atoms with Gasteiger partial charge in [0.05, 0.1) is 12.3 Å². The molecule has 2 rings (SSSR count). The van der Waals surface area contributed by atoms with E-state index in [1.165, 1.54) is 6.07 Å². The van der Waals surface area contributed by atoms with E-state index in [1.54, 1.807) is 13.0 Å². The molecule has 2 aromatic carbocycles. The van der Waals surface area contributed by atoms with Crippen LogP contribution in [0, 0.1) is 5.82 Å². The van der Waals surface area contributed by atoms with Gasteiger partial charge in [-0.1, -0.05) is 35.9 Å². The highest BCUT2D eigenvalue weighted by Crippen LogP contribution is 2.31. The van der Waals surface area contributed by atoms with Crippen LogP contribution in [-0.2, 0) is 16.0 Å². The van der Waals surface area contributed by atoms with Crippen LogP contribution in [0.4, 0.5) is 10.1 Å². The lowest BCUT2D eigenvalue weighted by atomic mass is 10.0. The summed E-state index contributed by atoms with van der Waals surface area (Å²) < 4.78 is 18.5. The van der Waals surface area contributed by atoms with Crippen LogP contribution in [0.2, 0.25) is 5.02 Å². The van der Waals surface area contributed by atoms with Crippen LogP contribution in [0.25, 0.3) is 11.1 Å². The second-order valence-corrected chi connectivity index (χ2v) is 5.29. The van der Waals surface area contributed by atoms with E-state index in [4.69, 9.17) is 22.1 Å². The maximum atomic E-state index is 13.6. The zero-order chi connectivity index (χ0) is 16.1. The number of carbonyl (C=O) groups is 1. The molecular weight excluding hydrogens is 305 g/mol. The van der Waals surface area contributed by atoms with Crippen molar-refractivity contribution < 1.29 is 13.9 Å². The van der Waals surface area contributed by atoms with Crippen molar-refractivity contribution in [1.82, 2.24) is 0 Å². The Morgan fingerprint density at radius 1 is 1.27 bits per heavy atom. The predicted molar refractivity (Wildman–Crippen MR) is 86.2 cm³/mol. The largest absolute Gasteiger partial charge is 0.466 e. The Labute approximate surface area is 133 Å². The minimum Gasteiger partial charge on any atom is -0.466 e. The van der Waals surface area contributed by atoms with Crippen molar-refractivity contribution in [2.45, 2.75) is 19.8 Å². The van der Waals surface area contributed by atoms with Crippen LogP contribution in [0.15, 0.2) is 36.4 Å². The number of benzene rings is 2. The van der Waals surface area contributed by atoms with Crippen molar-refractivity contribution in [3.63, 3.8) is 0 Å². The van der Waals surface area contributed by atoms with Gasteiger partial charge >= 0.3 is 5.97 Å². The minimum atomic E-state index is -0.533. The summed E-state index contributed by atoms with van der Waals surface area (Å²) in [6.07, 6.45) is 0.930. The van der Waals surface area contributed by atoms with E-state index in [1.807, 2.05) is 24.3 Å². The molecule has 0 amide bonds. The van der Waals surface area contributed by atoms with Gasteiger partial charge in [-0.15, -0.1) is 0 Å². The Hall–Kier alpha value is -2.07. The number of esters is 1. The van der Waals surface area contributed by atoms with Crippen molar-refractivity contribution in [3.8, 4) is 11.1 Å². The van der Waals surface area contributed by atoms with Gasteiger partial charge in [0.15, 0.2) is 0 Å². The average Bonchev–Trinajstić information content (AvgIpc) is 2.50. The smallest absolute Gasteiger partial charge is 0.306 e. The maximum absolute atomic E-state index is 13.6. The first-order valence-corrected chi connectivity index (χ1v) is 7.38. The molecule has 0 radical (unpaired) electrons. The summed E-state index contributed by atoms with van der Waals surface area (Å²) in [5.74, 6) is -0.748. The quantitative estimate of drug-likeness (QED) is 0.662. The summed E-state index contributed by atoms with van der Waals surface area (Å²) >= 11 is 5.87. The van der Waals surface area contributed by atoms with Gasteiger partial charge in [-0.3, -0.25) is 4.79 Å². The molecule has 0 aliphatic heterocycles. The van der Waals surface area contributed by atoms with Gasteiger partial charge in [0, 0.05) is 17.0 Å². The number of aryl methyl sites for hydroxylation is 1. The summed E-state index contributed by atoms with van der Waals surface area (Å²) in [4.78, 5) is 11.3. The molecular formula is C17H17ClFNO2. The lowest BCUT2D eigenvalue weighted by Crippen LogP contribution is -2.05. The van der Waals surface area contributed by atoms with Gasteiger partial charge in [0.1, 0.15) is 5.82 Å². The predicted octanol–water partition coefficient (Wildman–Crippen LogP) is 4.22. The van der Waals surface area contributed by atoms with Crippen molar-refractivity contribution >= 4 is 23.3 Å². The summed E-state index contributed by atoms with van der Waals surface area (Å²) in [5.41, 5.74) is 8.16. The fourth-order valence-corrected chi connectivity index (χ4v) is 2.36. The number of rotatable bonds is 5. The molecule has 0 bridgehead atoms. The first kappa shape index (κ1) is 16.3. The van der Waals surface area contributed by atoms with E-state index in [0.717, 1.165) is 11.1 Å². The molecule has 2 aromatic rings. The van der Waals surface area contributed by atoms with E-state index in [9.17, 15) is 9.18 Å². The molecule has 0 aromatic heterocycles. The Balaban J connectivity index is 2.14. The third kappa shape index (κ3) is 3.98. The number of ether oxygens (including phenoxy) is 1. The number of nitrogen functional groups attached to an aromatic ring is 1. The van der Waals surface area contributed by atoms with Gasteiger partial charge in [-0.25, -0.2) is 4.39 Å². The molecule has 0 saturated carbocycles. The van der Waals surface area contributed by atoms with Crippen molar-refractivity contribution in [2.24, 2.45) is 0 Å². The van der Waals surface area contributed by atoms with Crippen molar-refractivity contribution in [1.29, 1.82) is 0 Å². The molecule has 0 aliphatic carbocycles. The molecule has 0 unspecified atom stereocenters. The summed E-state index contributed by atoms with van der Waals surface area (Å²) in [6, 6.07) is 10.3. The highest BCUT2D eigenvalue weighted by molar-refractivity contribution is 6.31. The molecule has 2 N–H and O–H groups in total. The molecule has 0 spiro atoms. The van der Waals surface area contributed by atoms with Crippen LogP contribution < -0.4 is 5.73 Å². The Kier molecular flexibility index (Phi) is 5.39. The first-order valence-electron chi connectivity index (χ1n) is 7.00. The molecule has 22 heavy (non-hydrogen) atoms. The molecule has 5 heteroatoms. The highest BCUT2D eigenvalue weighted by atomic mass is 35.5. The van der Waals surface area contributed by atoms with E-state index < -0.39 is 5.82 Å². The van der Waals surface area contributed by atoms with Gasteiger partial charge < -0.3 is 10.5 Å². The molecule has 0 fully saturated rings. The van der Waals surface area contributed by atoms with Crippen LogP contribution in [0.3, 0.4) is 0 Å². The van der Waals surface area contributed by atoms with Gasteiger partial charge in [0.25, 0.3) is 0 Å². The van der Waals surface area contributed by atoms with Crippen LogP contribution in [-0.4, -0.2) is 12.6 Å². The Bertz CT molecular complexity index is 671. The summed E-state index contributed by atoms with van der Waals surface area (Å²) in [6.45, 7) is 2.17. The van der Waals surface area contributed by atoms with E-state index in [2.05, 4.69) is 0 Å². The SMILES string of the molecule is CCOC(=O)CCc1ccc(-c2cc(Cl)cc(F)c2N)cc1. The third-order valence-corrected chi connectivity index (χ3v) is 3.50. The molecule has 0 saturated heterocycles. The van der Waals surface area contributed by atoms with E-state index in [0.29, 0.717) is 30.0 Å². The monoisotopic (exact) mass is 321 g/mol. The average molecular weight is 322 g/mol. The van der Waals surface area contributed by atoms with Crippen molar-refractivity contribution in [3.05, 3.63) is 52.8 Å². The summed E-state index contributed by atoms with van der Waals surface area (Å²) in [7, 11) is 0. The first-order chi connectivity index (χ1) is 10.5. The number of hydrogen-bond acceptors (Lipinski definition) is 3. The lowest BCUT2D eigenvalue weighted by Gasteiger charge is -2.09. The zero-order valence-electron chi connectivity index (χ0n) is 12.2. The normalized spacial score (nSPS) is 10.5. The van der Waals surface area contributed by atoms with Crippen LogP contribution in [0.1, 0.15) is 18.9 Å². The fraction of sp³-hybridized carbons (Fsp3) is 0.235. The number of hydrogen-bond donors (Lipinski definition) is 1. The molecule has 0 heterocycles. The van der Waals surface area contributed by atoms with Crippen LogP contribution >= 0.6 is 11.6 Å². The number of halogens is 2. The standard InChI is InChI=1S/C17H17ClFNO2/c1-2-22-16(21)8-5-11-3-6-12(7-4-11)14-9-13(18)10-15(19)17(14)20/h3-4,6-7,9-10H,2,5,8,20H2,1H3. The lowest BCUT2D eigenvalue weighted by molar-refractivity contribution is -0.143. The van der Waals surface area contributed by atoms with Gasteiger partial charge in [-0.05, 0) is 36.6 Å². The number of carbonyl (C=O) groups excluding carboxylic acids is 1. The molecule has 3 nitrogen and oxygen atoms in total. The van der Waals surface area contributed by atoms with Gasteiger partial charge in [-0.2, -0.15) is 0 Å². The Morgan fingerprint density at radius 3 is 2.59 bits per heavy atom. The molecule has 0 atom stereocenters. The van der Waals surface area contributed by atoms with Crippen LogP contribution in [0.5, 0.6) is 0 Å². The second-order valence-electron chi connectivity index (χ2n) is 4.85. The number of anilines is 1. The Morgan fingerprint density at radius 2 is 1.95 bits per heavy atom. The topological polar surface area (TPSA) is 52.3 Å². The van der Waals surface area contributed by atoms with Gasteiger partial charge in [0.2, 0.25) is 0 Å². The summed E-state index contributed by atoms with van der Waals surface area (Å²) in [5, 5.41) is 0.299. The van der Waals surface area contributed by atoms with E-state index >= 15 is 0 Å². The molecule has 116 valence electrons. The highest BCUT2D eigenvalue weighted by Gasteiger charge is 2.10. The zero-order valence-corrected chi connectivity index (χ0v) is 13.0. The number of nitrogens with two attached hydrogens (primary N) is 1. The van der Waals surface area contributed by atoms with Crippen molar-refractivity contribution in [2.75, 3.05) is 12.3 Å². The minimum absolute atomic E-state index is 0.0728.